The van der Waals surface area contributed by atoms with Crippen molar-refractivity contribution in [3.8, 4) is 23.0 Å². The lowest BCUT2D eigenvalue weighted by atomic mass is 9.97. The molecule has 3 fully saturated rings. The number of nitrogens with one attached hydrogen (secondary N) is 1. The monoisotopic (exact) mass is 971 g/mol. The molecular weight excluding hydrogens is 920 g/mol. The van der Waals surface area contributed by atoms with E-state index in [0.717, 1.165) is 10.5 Å². The standard InChI is InChI=1S/C48H52F3N9O8S/c1-5-67-39-24-30(8-11-37(39)66-3)36(27-69(4)65)60-45(62)32-12-16-52-44(42(32)46(60)63)58-22-20-57(21-23-58)40-14-18-56(28-48(40,50)51)17-13-29-6-9-31(10-7-29)68-38-26-35-33(25-34(38)49)43(54-55(35)2)59-19-15-41(61)53-47(59)64/h6-12,16,24-26,36,40H,5,13-15,17-23,27-28H2,1-4H3,(H,53,61,64). The maximum Gasteiger partial charge on any atom is 0.329 e. The number of halogens is 3. The van der Waals surface area contributed by atoms with Crippen molar-refractivity contribution >= 4 is 57.1 Å². The average Bonchev–Trinajstić information content (AvgIpc) is 3.77. The average molecular weight is 972 g/mol. The second-order valence-electron chi connectivity index (χ2n) is 17.5. The summed E-state index contributed by atoms with van der Waals surface area (Å²) in [4.78, 5) is 64.8. The van der Waals surface area contributed by atoms with Crippen LogP contribution in [0.15, 0.2) is 66.9 Å². The van der Waals surface area contributed by atoms with Gasteiger partial charge in [0.15, 0.2) is 28.9 Å². The SMILES string of the molecule is CCOc1cc(C(CS(C)=O)N2C(=O)c3ccnc(N4CCN(C5CCN(CCc6ccc(Oc7cc8c(cc7F)c(N7CCC(=O)NC7=O)nn8C)cc6)CC5(F)F)CC4)c3C2=O)ccc1OC. The van der Waals surface area contributed by atoms with Gasteiger partial charge in [-0.1, -0.05) is 18.2 Å². The number of benzene rings is 3. The number of anilines is 2. The number of carbonyl (C=O) groups is 4. The lowest BCUT2D eigenvalue weighted by Gasteiger charge is -2.46. The molecule has 0 saturated carbocycles. The number of rotatable bonds is 15. The molecule has 69 heavy (non-hydrogen) atoms. The molecule has 364 valence electrons. The molecule has 4 aliphatic heterocycles. The number of carbonyl (C=O) groups excluding carboxylic acids is 4. The molecule has 0 aliphatic carbocycles. The summed E-state index contributed by atoms with van der Waals surface area (Å²) in [5.41, 5.74) is 2.29. The number of pyridine rings is 1. The predicted molar refractivity (Wildman–Crippen MR) is 251 cm³/mol. The predicted octanol–water partition coefficient (Wildman–Crippen LogP) is 5.54. The number of urea groups is 1. The van der Waals surface area contributed by atoms with Crippen molar-refractivity contribution < 1.29 is 50.8 Å². The molecule has 1 N–H and O–H groups in total. The van der Waals surface area contributed by atoms with Gasteiger partial charge in [-0.05, 0) is 67.3 Å². The number of imide groups is 2. The Morgan fingerprint density at radius 3 is 2.38 bits per heavy atom. The van der Waals surface area contributed by atoms with E-state index < -0.39 is 59.0 Å². The van der Waals surface area contributed by atoms with Gasteiger partial charge in [-0.3, -0.25) is 48.2 Å². The zero-order valence-corrected chi connectivity index (χ0v) is 39.4. The van der Waals surface area contributed by atoms with Crippen molar-refractivity contribution in [1.82, 2.24) is 34.8 Å². The quantitative estimate of drug-likeness (QED) is 0.130. The number of methoxy groups -OCH3 is 1. The van der Waals surface area contributed by atoms with Gasteiger partial charge in [0.25, 0.3) is 17.7 Å². The lowest BCUT2D eigenvalue weighted by molar-refractivity contribution is -0.127. The highest BCUT2D eigenvalue weighted by molar-refractivity contribution is 7.84. The molecule has 0 bridgehead atoms. The minimum atomic E-state index is -3.00. The second-order valence-corrected chi connectivity index (χ2v) is 19.0. The van der Waals surface area contributed by atoms with Crippen LogP contribution in [-0.2, 0) is 29.1 Å². The molecular formula is C48H52F3N9O8S. The molecule has 3 saturated heterocycles. The number of alkyl halides is 2. The molecule has 5 amide bonds. The third kappa shape index (κ3) is 9.46. The lowest BCUT2D eigenvalue weighted by Crippen LogP contribution is -2.62. The van der Waals surface area contributed by atoms with Gasteiger partial charge < -0.3 is 19.1 Å². The molecule has 3 atom stereocenters. The highest BCUT2D eigenvalue weighted by Gasteiger charge is 2.49. The van der Waals surface area contributed by atoms with Crippen LogP contribution in [0.25, 0.3) is 10.9 Å². The first-order valence-electron chi connectivity index (χ1n) is 22.7. The zero-order chi connectivity index (χ0) is 48.7. The van der Waals surface area contributed by atoms with Crippen LogP contribution in [0.4, 0.5) is 29.6 Å². The molecule has 3 aromatic carbocycles. The number of aryl methyl sites for hydroxylation is 1. The number of likely N-dealkylation sites (tertiary alicyclic amines) is 1. The van der Waals surface area contributed by atoms with E-state index in [1.807, 2.05) is 28.9 Å². The first kappa shape index (κ1) is 47.5. The Balaban J connectivity index is 0.794. The summed E-state index contributed by atoms with van der Waals surface area (Å²) >= 11 is 0. The third-order valence-electron chi connectivity index (χ3n) is 13.1. The summed E-state index contributed by atoms with van der Waals surface area (Å²) in [5.74, 6) is -3.38. The van der Waals surface area contributed by atoms with Crippen LogP contribution in [0.5, 0.6) is 23.0 Å². The third-order valence-corrected chi connectivity index (χ3v) is 13.9. The van der Waals surface area contributed by atoms with Crippen molar-refractivity contribution in [3.63, 3.8) is 0 Å². The van der Waals surface area contributed by atoms with Crippen molar-refractivity contribution in [2.45, 2.75) is 44.2 Å². The number of ether oxygens (including phenoxy) is 3. The molecule has 6 heterocycles. The van der Waals surface area contributed by atoms with E-state index >= 15 is 13.2 Å². The maximum absolute atomic E-state index is 16.0. The van der Waals surface area contributed by atoms with Gasteiger partial charge in [0.05, 0.1) is 49.0 Å². The molecule has 17 nitrogen and oxygen atoms in total. The van der Waals surface area contributed by atoms with Crippen LogP contribution in [-0.4, -0.2) is 147 Å². The first-order valence-corrected chi connectivity index (χ1v) is 24.5. The van der Waals surface area contributed by atoms with Gasteiger partial charge in [-0.25, -0.2) is 22.9 Å². The minimum Gasteiger partial charge on any atom is -0.493 e. The van der Waals surface area contributed by atoms with Crippen LogP contribution in [0.1, 0.15) is 57.7 Å². The molecule has 5 aromatic rings. The Morgan fingerprint density at radius 1 is 0.913 bits per heavy atom. The topological polar surface area (TPSA) is 172 Å². The van der Waals surface area contributed by atoms with Gasteiger partial charge in [0, 0.05) is 99.7 Å². The molecule has 9 rings (SSSR count). The van der Waals surface area contributed by atoms with Crippen molar-refractivity contribution in [3.05, 3.63) is 94.9 Å². The number of nitrogens with zero attached hydrogens (tertiary/aromatic N) is 8. The molecule has 4 aliphatic rings. The van der Waals surface area contributed by atoms with E-state index in [9.17, 15) is 23.4 Å². The van der Waals surface area contributed by atoms with Gasteiger partial charge >= 0.3 is 6.03 Å². The number of piperidine rings is 1. The van der Waals surface area contributed by atoms with Gasteiger partial charge in [-0.15, -0.1) is 0 Å². The Morgan fingerprint density at radius 2 is 1.68 bits per heavy atom. The summed E-state index contributed by atoms with van der Waals surface area (Å²) in [5, 5.41) is 7.04. The summed E-state index contributed by atoms with van der Waals surface area (Å²) < 4.78 is 78.7. The minimum absolute atomic E-state index is 0.00473. The second kappa shape index (κ2) is 19.4. The van der Waals surface area contributed by atoms with Crippen LogP contribution in [0, 0.1) is 5.82 Å². The summed E-state index contributed by atoms with van der Waals surface area (Å²) in [6.45, 7) is 4.01. The Hall–Kier alpha value is -6.58. The molecule has 0 spiro atoms. The number of fused-ring (bicyclic) bond motifs is 2. The van der Waals surface area contributed by atoms with E-state index in [2.05, 4.69) is 15.4 Å². The fourth-order valence-electron chi connectivity index (χ4n) is 9.72. The number of hydrogen-bond donors (Lipinski definition) is 1. The van der Waals surface area contributed by atoms with Crippen molar-refractivity contribution in [2.24, 2.45) is 7.05 Å². The fraction of sp³-hybridized carbons (Fsp3) is 0.417. The van der Waals surface area contributed by atoms with Crippen molar-refractivity contribution in [1.29, 1.82) is 0 Å². The Labute approximate surface area is 398 Å². The molecule has 21 heteroatoms. The molecule has 2 aromatic heterocycles. The zero-order valence-electron chi connectivity index (χ0n) is 38.6. The van der Waals surface area contributed by atoms with Crippen molar-refractivity contribution in [2.75, 3.05) is 87.9 Å². The summed E-state index contributed by atoms with van der Waals surface area (Å²) in [6.07, 6.45) is 3.85. The molecule has 0 radical (unpaired) electrons. The Kier molecular flexibility index (Phi) is 13.4. The van der Waals surface area contributed by atoms with E-state index in [1.54, 1.807) is 42.3 Å². The van der Waals surface area contributed by atoms with Gasteiger partial charge in [-0.2, -0.15) is 5.10 Å². The van der Waals surface area contributed by atoms with Gasteiger partial charge in [0.2, 0.25) is 5.91 Å². The number of hydrogen-bond acceptors (Lipinski definition) is 13. The first-order chi connectivity index (χ1) is 33.1. The smallest absolute Gasteiger partial charge is 0.329 e. The number of aromatic nitrogens is 3. The molecule has 3 unspecified atom stereocenters. The van der Waals surface area contributed by atoms with E-state index in [1.165, 1.54) is 47.3 Å². The Bertz CT molecular complexity index is 2840. The maximum atomic E-state index is 16.0. The number of piperazine rings is 1. The highest BCUT2D eigenvalue weighted by Crippen LogP contribution is 2.40. The summed E-state index contributed by atoms with van der Waals surface area (Å²) in [6, 6.07) is 13.9. The fourth-order valence-corrected chi connectivity index (χ4v) is 10.5. The van der Waals surface area contributed by atoms with Gasteiger partial charge in [0.1, 0.15) is 11.6 Å². The van der Waals surface area contributed by atoms with Crippen LogP contribution < -0.4 is 29.3 Å². The largest absolute Gasteiger partial charge is 0.493 e. The van der Waals surface area contributed by atoms with E-state index in [-0.39, 0.29) is 53.7 Å². The number of amides is 5. The van der Waals surface area contributed by atoms with Crippen LogP contribution in [0.3, 0.4) is 0 Å². The van der Waals surface area contributed by atoms with E-state index in [4.69, 9.17) is 14.2 Å². The van der Waals surface area contributed by atoms with E-state index in [0.29, 0.717) is 91.8 Å². The highest BCUT2D eigenvalue weighted by atomic mass is 32.2. The van der Waals surface area contributed by atoms with Crippen LogP contribution in [0.2, 0.25) is 0 Å². The normalized spacial score (nSPS) is 19.8. The van der Waals surface area contributed by atoms with Crippen LogP contribution >= 0.6 is 0 Å². The summed E-state index contributed by atoms with van der Waals surface area (Å²) in [7, 11) is 1.77.